The van der Waals surface area contributed by atoms with E-state index in [1.807, 2.05) is 0 Å². The van der Waals surface area contributed by atoms with Gasteiger partial charge in [-0.2, -0.15) is 0 Å². The SMILES string of the molecule is CCCCc1ccc(F)cc1C(N)=O. The number of hydrogen-bond acceptors (Lipinski definition) is 1. The van der Waals surface area contributed by atoms with E-state index in [1.165, 1.54) is 12.1 Å². The van der Waals surface area contributed by atoms with Crippen molar-refractivity contribution in [1.29, 1.82) is 0 Å². The molecular formula is C11H14FNO. The van der Waals surface area contributed by atoms with Crippen molar-refractivity contribution in [3.05, 3.63) is 35.1 Å². The van der Waals surface area contributed by atoms with Gasteiger partial charge in [0, 0.05) is 5.56 Å². The third kappa shape index (κ3) is 2.55. The Balaban J connectivity index is 2.96. The van der Waals surface area contributed by atoms with E-state index in [0.717, 1.165) is 24.8 Å². The van der Waals surface area contributed by atoms with E-state index in [-0.39, 0.29) is 0 Å². The fourth-order valence-electron chi connectivity index (χ4n) is 1.36. The Morgan fingerprint density at radius 3 is 2.79 bits per heavy atom. The van der Waals surface area contributed by atoms with Crippen LogP contribution in [0.5, 0.6) is 0 Å². The number of unbranched alkanes of at least 4 members (excludes halogenated alkanes) is 1. The molecule has 0 saturated carbocycles. The lowest BCUT2D eigenvalue weighted by atomic mass is 10.0. The number of amides is 1. The van der Waals surface area contributed by atoms with Crippen LogP contribution in [0.15, 0.2) is 18.2 Å². The number of carbonyl (C=O) groups is 1. The molecule has 0 heterocycles. The number of rotatable bonds is 4. The molecule has 1 rings (SSSR count). The maximum absolute atomic E-state index is 12.8. The summed E-state index contributed by atoms with van der Waals surface area (Å²) in [6.45, 7) is 2.06. The molecule has 0 radical (unpaired) electrons. The van der Waals surface area contributed by atoms with E-state index in [4.69, 9.17) is 5.73 Å². The molecule has 0 saturated heterocycles. The summed E-state index contributed by atoms with van der Waals surface area (Å²) >= 11 is 0. The van der Waals surface area contributed by atoms with Crippen molar-refractivity contribution in [1.82, 2.24) is 0 Å². The first-order valence-electron chi connectivity index (χ1n) is 4.73. The summed E-state index contributed by atoms with van der Waals surface area (Å²) in [5, 5.41) is 0. The number of nitrogens with two attached hydrogens (primary N) is 1. The van der Waals surface area contributed by atoms with E-state index in [1.54, 1.807) is 6.07 Å². The molecule has 3 heteroatoms. The lowest BCUT2D eigenvalue weighted by molar-refractivity contribution is 0.0999. The van der Waals surface area contributed by atoms with E-state index in [0.29, 0.717) is 5.56 Å². The average molecular weight is 195 g/mol. The summed E-state index contributed by atoms with van der Waals surface area (Å²) in [5.74, 6) is -0.977. The summed E-state index contributed by atoms with van der Waals surface area (Å²) in [7, 11) is 0. The molecule has 0 spiro atoms. The van der Waals surface area contributed by atoms with Gasteiger partial charge < -0.3 is 5.73 Å². The largest absolute Gasteiger partial charge is 0.366 e. The summed E-state index contributed by atoms with van der Waals surface area (Å²) in [5.41, 5.74) is 6.29. The van der Waals surface area contributed by atoms with Crippen LogP contribution in [0.3, 0.4) is 0 Å². The summed E-state index contributed by atoms with van der Waals surface area (Å²) in [4.78, 5) is 11.0. The van der Waals surface area contributed by atoms with Crippen LogP contribution < -0.4 is 5.73 Å². The van der Waals surface area contributed by atoms with Gasteiger partial charge in [-0.15, -0.1) is 0 Å². The summed E-state index contributed by atoms with van der Waals surface area (Å²) in [6.07, 6.45) is 2.79. The van der Waals surface area contributed by atoms with Crippen molar-refractivity contribution in [3.8, 4) is 0 Å². The second-order valence-corrected chi connectivity index (χ2v) is 3.27. The van der Waals surface area contributed by atoms with Crippen molar-refractivity contribution in [2.24, 2.45) is 5.73 Å². The smallest absolute Gasteiger partial charge is 0.249 e. The van der Waals surface area contributed by atoms with Crippen molar-refractivity contribution in [3.63, 3.8) is 0 Å². The van der Waals surface area contributed by atoms with Crippen molar-refractivity contribution in [2.75, 3.05) is 0 Å². The van der Waals surface area contributed by atoms with Crippen LogP contribution in [0.2, 0.25) is 0 Å². The number of carbonyl (C=O) groups excluding carboxylic acids is 1. The van der Waals surface area contributed by atoms with Crippen LogP contribution in [-0.4, -0.2) is 5.91 Å². The molecule has 1 amide bonds. The third-order valence-electron chi connectivity index (χ3n) is 2.14. The van der Waals surface area contributed by atoms with Gasteiger partial charge in [-0.25, -0.2) is 4.39 Å². The maximum Gasteiger partial charge on any atom is 0.249 e. The molecule has 0 atom stereocenters. The highest BCUT2D eigenvalue weighted by Crippen LogP contribution is 2.13. The predicted octanol–water partition coefficient (Wildman–Crippen LogP) is 2.27. The van der Waals surface area contributed by atoms with Crippen molar-refractivity contribution >= 4 is 5.91 Å². The van der Waals surface area contributed by atoms with Gasteiger partial charge in [0.05, 0.1) is 0 Å². The molecule has 0 unspecified atom stereocenters. The topological polar surface area (TPSA) is 43.1 Å². The van der Waals surface area contributed by atoms with Gasteiger partial charge in [0.25, 0.3) is 0 Å². The number of halogens is 1. The zero-order valence-corrected chi connectivity index (χ0v) is 8.22. The highest BCUT2D eigenvalue weighted by molar-refractivity contribution is 5.94. The Kier molecular flexibility index (Phi) is 3.63. The average Bonchev–Trinajstić information content (AvgIpc) is 2.15. The first-order valence-corrected chi connectivity index (χ1v) is 4.73. The van der Waals surface area contributed by atoms with Gasteiger partial charge in [-0.1, -0.05) is 19.4 Å². The molecule has 76 valence electrons. The fraction of sp³-hybridized carbons (Fsp3) is 0.364. The van der Waals surface area contributed by atoms with Gasteiger partial charge >= 0.3 is 0 Å². The molecule has 0 aromatic heterocycles. The molecule has 0 aliphatic heterocycles. The normalized spacial score (nSPS) is 10.1. The van der Waals surface area contributed by atoms with Crippen LogP contribution in [-0.2, 0) is 6.42 Å². The minimum Gasteiger partial charge on any atom is -0.366 e. The maximum atomic E-state index is 12.8. The highest BCUT2D eigenvalue weighted by Gasteiger charge is 2.08. The fourth-order valence-corrected chi connectivity index (χ4v) is 1.36. The van der Waals surface area contributed by atoms with Crippen LogP contribution >= 0.6 is 0 Å². The Hall–Kier alpha value is -1.38. The molecule has 1 aromatic rings. The van der Waals surface area contributed by atoms with Crippen LogP contribution in [0.1, 0.15) is 35.7 Å². The molecule has 1 aromatic carbocycles. The van der Waals surface area contributed by atoms with Crippen LogP contribution in [0.4, 0.5) is 4.39 Å². The lowest BCUT2D eigenvalue weighted by Crippen LogP contribution is -2.14. The van der Waals surface area contributed by atoms with E-state index in [2.05, 4.69) is 6.92 Å². The second-order valence-electron chi connectivity index (χ2n) is 3.27. The molecule has 0 bridgehead atoms. The van der Waals surface area contributed by atoms with Gasteiger partial charge in [0.15, 0.2) is 0 Å². The number of hydrogen-bond donors (Lipinski definition) is 1. The number of aryl methyl sites for hydroxylation is 1. The Bertz CT molecular complexity index is 336. The third-order valence-corrected chi connectivity index (χ3v) is 2.14. The number of benzene rings is 1. The molecule has 2 N–H and O–H groups in total. The predicted molar refractivity (Wildman–Crippen MR) is 53.5 cm³/mol. The van der Waals surface area contributed by atoms with Gasteiger partial charge in [0.2, 0.25) is 5.91 Å². The minimum absolute atomic E-state index is 0.304. The van der Waals surface area contributed by atoms with Crippen LogP contribution in [0, 0.1) is 5.82 Å². The molecule has 0 fully saturated rings. The van der Waals surface area contributed by atoms with Crippen molar-refractivity contribution in [2.45, 2.75) is 26.2 Å². The van der Waals surface area contributed by atoms with Gasteiger partial charge in [0.1, 0.15) is 5.82 Å². The first kappa shape index (κ1) is 10.7. The minimum atomic E-state index is -0.560. The van der Waals surface area contributed by atoms with Gasteiger partial charge in [-0.05, 0) is 30.5 Å². The Labute approximate surface area is 82.9 Å². The zero-order chi connectivity index (χ0) is 10.6. The first-order chi connectivity index (χ1) is 6.65. The van der Waals surface area contributed by atoms with Gasteiger partial charge in [-0.3, -0.25) is 4.79 Å². The highest BCUT2D eigenvalue weighted by atomic mass is 19.1. The molecular weight excluding hydrogens is 181 g/mol. The van der Waals surface area contributed by atoms with E-state index < -0.39 is 11.7 Å². The second kappa shape index (κ2) is 4.74. The zero-order valence-electron chi connectivity index (χ0n) is 8.22. The lowest BCUT2D eigenvalue weighted by Gasteiger charge is -2.05. The Morgan fingerprint density at radius 1 is 1.50 bits per heavy atom. The molecule has 2 nitrogen and oxygen atoms in total. The molecule has 0 aliphatic rings. The summed E-state index contributed by atoms with van der Waals surface area (Å²) < 4.78 is 12.8. The number of primary amides is 1. The van der Waals surface area contributed by atoms with E-state index in [9.17, 15) is 9.18 Å². The standard InChI is InChI=1S/C11H14FNO/c1-2-3-4-8-5-6-9(12)7-10(8)11(13)14/h5-7H,2-4H2,1H3,(H2,13,14). The van der Waals surface area contributed by atoms with Crippen molar-refractivity contribution < 1.29 is 9.18 Å². The molecule has 0 aliphatic carbocycles. The Morgan fingerprint density at radius 2 is 2.21 bits per heavy atom. The van der Waals surface area contributed by atoms with E-state index >= 15 is 0 Å². The summed E-state index contributed by atoms with van der Waals surface area (Å²) in [6, 6.07) is 4.19. The monoisotopic (exact) mass is 195 g/mol. The van der Waals surface area contributed by atoms with Crippen LogP contribution in [0.25, 0.3) is 0 Å². The molecule has 14 heavy (non-hydrogen) atoms. The quantitative estimate of drug-likeness (QED) is 0.786.